The van der Waals surface area contributed by atoms with E-state index in [-0.39, 0.29) is 12.6 Å². The number of hydrogen-bond donors (Lipinski definition) is 2. The van der Waals surface area contributed by atoms with Gasteiger partial charge < -0.3 is 20.5 Å². The molecule has 1 aliphatic carbocycles. The zero-order valence-electron chi connectivity index (χ0n) is 13.7. The highest BCUT2D eigenvalue weighted by molar-refractivity contribution is 5.85. The molecule has 3 atom stereocenters. The van der Waals surface area contributed by atoms with E-state index in [0.717, 1.165) is 18.4 Å². The van der Waals surface area contributed by atoms with Crippen molar-refractivity contribution < 1.29 is 9.84 Å². The molecule has 1 aliphatic heterocycles. The predicted molar refractivity (Wildman–Crippen MR) is 89.7 cm³/mol. The quantitative estimate of drug-likeness (QED) is 0.465. The van der Waals surface area contributed by atoms with Gasteiger partial charge in [0.2, 0.25) is 5.95 Å². The van der Waals surface area contributed by atoms with Crippen molar-refractivity contribution in [3.8, 4) is 0 Å². The summed E-state index contributed by atoms with van der Waals surface area (Å²) < 4.78 is 7.70. The molecule has 2 aromatic heterocycles. The monoisotopic (exact) mass is 345 g/mol. The smallest absolute Gasteiger partial charge is 0.224 e. The molecule has 3 heterocycles. The van der Waals surface area contributed by atoms with E-state index < -0.39 is 18.4 Å². The number of nitrogens with two attached hydrogens (primary N) is 1. The zero-order valence-corrected chi connectivity index (χ0v) is 13.7. The van der Waals surface area contributed by atoms with Crippen molar-refractivity contribution in [1.29, 1.82) is 0 Å². The van der Waals surface area contributed by atoms with Crippen LogP contribution in [0.3, 0.4) is 0 Å². The van der Waals surface area contributed by atoms with E-state index >= 15 is 0 Å². The maximum atomic E-state index is 9.47. The summed E-state index contributed by atoms with van der Waals surface area (Å²) in [6.07, 6.45) is 3.33. The molecular formula is C14H19N9O2. The van der Waals surface area contributed by atoms with E-state index in [1.54, 1.807) is 6.33 Å². The molecular weight excluding hydrogens is 326 g/mol. The Morgan fingerprint density at radius 3 is 3.00 bits per heavy atom. The Kier molecular flexibility index (Phi) is 3.83. The molecule has 25 heavy (non-hydrogen) atoms. The first-order valence-electron chi connectivity index (χ1n) is 8.15. The number of ether oxygens (including phenoxy) is 1. The highest BCUT2D eigenvalue weighted by Gasteiger charge is 2.37. The van der Waals surface area contributed by atoms with Crippen LogP contribution < -0.4 is 10.6 Å². The highest BCUT2D eigenvalue weighted by Crippen LogP contribution is 2.37. The fourth-order valence-corrected chi connectivity index (χ4v) is 3.28. The van der Waals surface area contributed by atoms with E-state index in [4.69, 9.17) is 16.0 Å². The number of nitrogens with zero attached hydrogens (tertiary/aromatic N) is 8. The second kappa shape index (κ2) is 6.03. The normalized spacial score (nSPS) is 25.9. The number of azide groups is 1. The van der Waals surface area contributed by atoms with E-state index in [9.17, 15) is 5.11 Å². The number of aliphatic hydroxyl groups excluding tert-OH is 1. The molecule has 2 aromatic rings. The molecule has 2 aliphatic rings. The lowest BCUT2D eigenvalue weighted by Gasteiger charge is -2.21. The van der Waals surface area contributed by atoms with Crippen LogP contribution in [0, 0.1) is 0 Å². The molecule has 132 valence electrons. The van der Waals surface area contributed by atoms with Crippen molar-refractivity contribution in [2.24, 2.45) is 5.11 Å². The van der Waals surface area contributed by atoms with Crippen molar-refractivity contribution in [3.63, 3.8) is 0 Å². The SMILES string of the molecule is CN(c1nc(N)nc2ncn([C@H]3CC(N=[N+]=[N-])[C@@H](CO)O3)c12)C1CC1. The fourth-order valence-electron chi connectivity index (χ4n) is 3.28. The molecule has 0 aromatic carbocycles. The lowest BCUT2D eigenvalue weighted by molar-refractivity contribution is -0.0230. The number of aliphatic hydroxyl groups is 1. The van der Waals surface area contributed by atoms with Crippen LogP contribution in [0.4, 0.5) is 11.8 Å². The van der Waals surface area contributed by atoms with Crippen LogP contribution >= 0.6 is 0 Å². The average Bonchev–Trinajstić information content (AvgIpc) is 3.24. The van der Waals surface area contributed by atoms with Crippen LogP contribution in [0.2, 0.25) is 0 Å². The third-order valence-electron chi connectivity index (χ3n) is 4.75. The molecule has 0 spiro atoms. The van der Waals surface area contributed by atoms with Gasteiger partial charge in [-0.15, -0.1) is 0 Å². The summed E-state index contributed by atoms with van der Waals surface area (Å²) >= 11 is 0. The van der Waals surface area contributed by atoms with Gasteiger partial charge >= 0.3 is 0 Å². The van der Waals surface area contributed by atoms with Crippen molar-refractivity contribution in [2.75, 3.05) is 24.3 Å². The molecule has 1 saturated carbocycles. The Labute approximate surface area is 143 Å². The van der Waals surface area contributed by atoms with Crippen molar-refractivity contribution in [3.05, 3.63) is 16.8 Å². The third-order valence-corrected chi connectivity index (χ3v) is 4.75. The van der Waals surface area contributed by atoms with Gasteiger partial charge in [-0.05, 0) is 18.4 Å². The lowest BCUT2D eigenvalue weighted by atomic mass is 10.1. The van der Waals surface area contributed by atoms with Crippen LogP contribution in [0.1, 0.15) is 25.5 Å². The minimum Gasteiger partial charge on any atom is -0.394 e. The van der Waals surface area contributed by atoms with Gasteiger partial charge in [0.05, 0.1) is 25.1 Å². The molecule has 1 unspecified atom stereocenters. The second-order valence-corrected chi connectivity index (χ2v) is 6.39. The van der Waals surface area contributed by atoms with E-state index in [1.807, 2.05) is 11.6 Å². The Morgan fingerprint density at radius 1 is 1.52 bits per heavy atom. The minimum absolute atomic E-state index is 0.174. The summed E-state index contributed by atoms with van der Waals surface area (Å²) in [5.74, 6) is 0.881. The van der Waals surface area contributed by atoms with Gasteiger partial charge in [-0.3, -0.25) is 4.57 Å². The van der Waals surface area contributed by atoms with Gasteiger partial charge in [0.15, 0.2) is 11.5 Å². The van der Waals surface area contributed by atoms with Crippen molar-refractivity contribution in [2.45, 2.75) is 43.7 Å². The van der Waals surface area contributed by atoms with Gasteiger partial charge in [-0.25, -0.2) is 4.98 Å². The number of fused-ring (bicyclic) bond motifs is 1. The van der Waals surface area contributed by atoms with Gasteiger partial charge in [0, 0.05) is 24.4 Å². The molecule has 0 bridgehead atoms. The standard InChI is InChI=1S/C14H19N9O2/c1-22(7-2-3-7)13-11-12(18-14(15)19-13)17-6-23(11)10-4-8(20-21-16)9(5-24)25-10/h6-10,24H,2-5H2,1H3,(H2,15,18,19)/t8?,9-,10-/m1/s1. The lowest BCUT2D eigenvalue weighted by Crippen LogP contribution is -2.23. The molecule has 4 rings (SSSR count). The van der Waals surface area contributed by atoms with Gasteiger partial charge in [0.25, 0.3) is 0 Å². The maximum absolute atomic E-state index is 9.47. The van der Waals surface area contributed by atoms with Gasteiger partial charge in [0.1, 0.15) is 11.7 Å². The maximum Gasteiger partial charge on any atom is 0.224 e. The Bertz CT molecular complexity index is 842. The summed E-state index contributed by atoms with van der Waals surface area (Å²) in [5, 5.41) is 13.2. The minimum atomic E-state index is -0.544. The summed E-state index contributed by atoms with van der Waals surface area (Å²) in [4.78, 5) is 17.9. The number of aromatic nitrogens is 4. The fraction of sp³-hybridized carbons (Fsp3) is 0.643. The van der Waals surface area contributed by atoms with Gasteiger partial charge in [-0.1, -0.05) is 5.11 Å². The summed E-state index contributed by atoms with van der Waals surface area (Å²) in [6, 6.07) is 0.00300. The topological polar surface area (TPSA) is 151 Å². The van der Waals surface area contributed by atoms with Crippen LogP contribution in [0.5, 0.6) is 0 Å². The second-order valence-electron chi connectivity index (χ2n) is 6.39. The molecule has 0 amide bonds. The summed E-state index contributed by atoms with van der Waals surface area (Å²) in [5.41, 5.74) is 15.8. The van der Waals surface area contributed by atoms with E-state index in [1.165, 1.54) is 0 Å². The predicted octanol–water partition coefficient (Wildman–Crippen LogP) is 0.966. The van der Waals surface area contributed by atoms with Crippen LogP contribution in [0.25, 0.3) is 21.6 Å². The van der Waals surface area contributed by atoms with Crippen LogP contribution in [0.15, 0.2) is 11.4 Å². The average molecular weight is 345 g/mol. The number of nitrogen functional groups attached to an aromatic ring is 1. The molecule has 11 nitrogen and oxygen atoms in total. The summed E-state index contributed by atoms with van der Waals surface area (Å²) in [6.45, 7) is -0.217. The van der Waals surface area contributed by atoms with Gasteiger partial charge in [-0.2, -0.15) is 9.97 Å². The Hall–Kier alpha value is -2.62. The van der Waals surface area contributed by atoms with E-state index in [2.05, 4.69) is 29.9 Å². The molecule has 1 saturated heterocycles. The number of imidazole rings is 1. The number of hydrogen-bond acceptors (Lipinski definition) is 8. The first kappa shape index (κ1) is 15.9. The molecule has 3 N–H and O–H groups in total. The first-order valence-corrected chi connectivity index (χ1v) is 8.15. The molecule has 2 fully saturated rings. The number of rotatable bonds is 5. The molecule has 0 radical (unpaired) electrons. The van der Waals surface area contributed by atoms with Crippen LogP contribution in [-0.4, -0.2) is 56.5 Å². The van der Waals surface area contributed by atoms with Crippen molar-refractivity contribution in [1.82, 2.24) is 19.5 Å². The first-order chi connectivity index (χ1) is 12.1. The molecule has 11 heteroatoms. The highest BCUT2D eigenvalue weighted by atomic mass is 16.5. The largest absolute Gasteiger partial charge is 0.394 e. The zero-order chi connectivity index (χ0) is 17.6. The van der Waals surface area contributed by atoms with Crippen LogP contribution in [-0.2, 0) is 4.74 Å². The Balaban J connectivity index is 1.76. The summed E-state index contributed by atoms with van der Waals surface area (Å²) in [7, 11) is 1.98. The van der Waals surface area contributed by atoms with Crippen molar-refractivity contribution >= 4 is 22.9 Å². The third kappa shape index (κ3) is 2.72. The Morgan fingerprint density at radius 2 is 2.32 bits per heavy atom. The van der Waals surface area contributed by atoms with E-state index in [0.29, 0.717) is 23.9 Å². The number of anilines is 2.